The summed E-state index contributed by atoms with van der Waals surface area (Å²) in [6.07, 6.45) is 1.73. The first-order valence-corrected chi connectivity index (χ1v) is 5.07. The molecule has 4 heteroatoms. The first kappa shape index (κ1) is 9.56. The fourth-order valence-electron chi connectivity index (χ4n) is 0.639. The minimum Gasteiger partial charge on any atom is -0.249 e. The topological polar surface area (TPSA) is 36.7 Å². The third-order valence-corrected chi connectivity index (χ3v) is 2.59. The van der Waals surface area contributed by atoms with Crippen LogP contribution < -0.4 is 0 Å². The van der Waals surface area contributed by atoms with Crippen molar-refractivity contribution in [1.29, 1.82) is 5.26 Å². The molecule has 1 heterocycles. The van der Waals surface area contributed by atoms with E-state index in [0.29, 0.717) is 0 Å². The van der Waals surface area contributed by atoms with Gasteiger partial charge in [-0.1, -0.05) is 11.8 Å². The third kappa shape index (κ3) is 2.84. The van der Waals surface area contributed by atoms with Crippen LogP contribution in [-0.2, 0) is 0 Å². The molecule has 0 aliphatic carbocycles. The quantitative estimate of drug-likeness (QED) is 0.749. The number of aromatic nitrogens is 1. The maximum absolute atomic E-state index is 8.54. The normalized spacial score (nSPS) is 12.1. The lowest BCUT2D eigenvalue weighted by Crippen LogP contribution is -1.90. The molecule has 0 aromatic carbocycles. The highest BCUT2D eigenvalue weighted by atomic mass is 79.9. The molecule has 0 bridgehead atoms. The average molecular weight is 243 g/mol. The monoisotopic (exact) mass is 242 g/mol. The molecular formula is C8H7BrN2S. The average Bonchev–Trinajstić information content (AvgIpc) is 2.09. The second-order valence-corrected chi connectivity index (χ2v) is 4.48. The van der Waals surface area contributed by atoms with E-state index >= 15 is 0 Å². The molecule has 1 rings (SSSR count). The highest BCUT2D eigenvalue weighted by Gasteiger charge is 2.02. The van der Waals surface area contributed by atoms with Crippen LogP contribution in [0.4, 0.5) is 0 Å². The smallest absolute Gasteiger partial charge is 0.0973 e. The van der Waals surface area contributed by atoms with Gasteiger partial charge >= 0.3 is 0 Å². The van der Waals surface area contributed by atoms with Gasteiger partial charge in [0.05, 0.1) is 16.3 Å². The molecule has 0 radical (unpaired) electrons. The molecule has 0 saturated carbocycles. The third-order valence-electron chi connectivity index (χ3n) is 1.18. The van der Waals surface area contributed by atoms with Gasteiger partial charge in [0.1, 0.15) is 0 Å². The van der Waals surface area contributed by atoms with E-state index in [1.165, 1.54) is 11.8 Å². The van der Waals surface area contributed by atoms with Crippen molar-refractivity contribution < 1.29 is 0 Å². The zero-order chi connectivity index (χ0) is 8.97. The Morgan fingerprint density at radius 3 is 2.92 bits per heavy atom. The molecule has 1 atom stereocenters. The van der Waals surface area contributed by atoms with Crippen molar-refractivity contribution in [1.82, 2.24) is 4.98 Å². The highest BCUT2D eigenvalue weighted by Crippen LogP contribution is 2.21. The van der Waals surface area contributed by atoms with Crippen LogP contribution >= 0.6 is 27.7 Å². The molecule has 12 heavy (non-hydrogen) atoms. The van der Waals surface area contributed by atoms with Crippen molar-refractivity contribution in [2.45, 2.75) is 17.2 Å². The van der Waals surface area contributed by atoms with Crippen molar-refractivity contribution in [3.05, 3.63) is 22.8 Å². The number of hydrogen-bond acceptors (Lipinski definition) is 3. The predicted octanol–water partition coefficient (Wildman–Crippen LogP) is 2.85. The fourth-order valence-corrected chi connectivity index (χ4v) is 1.55. The first-order chi connectivity index (χ1) is 5.72. The standard InChI is InChI=1S/C8H7BrN2S/c1-6(4-10)12-8-3-2-7(9)5-11-8/h2-3,5-6H,1H3. The van der Waals surface area contributed by atoms with Crippen LogP contribution in [0, 0.1) is 11.3 Å². The van der Waals surface area contributed by atoms with Gasteiger partial charge < -0.3 is 0 Å². The van der Waals surface area contributed by atoms with Gasteiger partial charge in [-0.3, -0.25) is 0 Å². The van der Waals surface area contributed by atoms with E-state index in [4.69, 9.17) is 5.26 Å². The Balaban J connectivity index is 2.66. The summed E-state index contributed by atoms with van der Waals surface area (Å²) in [5.74, 6) is 0. The minimum atomic E-state index is -0.0429. The van der Waals surface area contributed by atoms with Gasteiger partial charge in [-0.2, -0.15) is 5.26 Å². The number of nitrogens with zero attached hydrogens (tertiary/aromatic N) is 2. The molecule has 0 spiro atoms. The van der Waals surface area contributed by atoms with Gasteiger partial charge in [-0.05, 0) is 35.0 Å². The van der Waals surface area contributed by atoms with E-state index in [2.05, 4.69) is 27.0 Å². The van der Waals surface area contributed by atoms with Crippen molar-refractivity contribution in [3.63, 3.8) is 0 Å². The van der Waals surface area contributed by atoms with Crippen LogP contribution in [0.15, 0.2) is 27.8 Å². The zero-order valence-corrected chi connectivity index (χ0v) is 8.89. The second-order valence-electron chi connectivity index (χ2n) is 2.20. The van der Waals surface area contributed by atoms with Crippen LogP contribution in [0.2, 0.25) is 0 Å². The van der Waals surface area contributed by atoms with Crippen molar-refractivity contribution in [3.8, 4) is 6.07 Å². The predicted molar refractivity (Wildman–Crippen MR) is 52.9 cm³/mol. The Labute approximate surface area is 84.1 Å². The van der Waals surface area contributed by atoms with Gasteiger partial charge in [0.15, 0.2) is 0 Å². The Bertz CT molecular complexity index is 291. The summed E-state index contributed by atoms with van der Waals surface area (Å²) >= 11 is 4.75. The van der Waals surface area contributed by atoms with Gasteiger partial charge in [0.25, 0.3) is 0 Å². The molecule has 0 aliphatic rings. The van der Waals surface area contributed by atoms with Crippen LogP contribution in [0.3, 0.4) is 0 Å². The zero-order valence-electron chi connectivity index (χ0n) is 6.49. The maximum Gasteiger partial charge on any atom is 0.0973 e. The fraction of sp³-hybridized carbons (Fsp3) is 0.250. The van der Waals surface area contributed by atoms with Gasteiger partial charge in [0, 0.05) is 10.7 Å². The molecule has 0 N–H and O–H groups in total. The molecular weight excluding hydrogens is 236 g/mol. The van der Waals surface area contributed by atoms with E-state index in [0.717, 1.165) is 9.50 Å². The molecule has 1 unspecified atom stereocenters. The summed E-state index contributed by atoms with van der Waals surface area (Å²) in [4.78, 5) is 4.13. The van der Waals surface area contributed by atoms with E-state index in [9.17, 15) is 0 Å². The van der Waals surface area contributed by atoms with Crippen LogP contribution in [0.1, 0.15) is 6.92 Å². The Morgan fingerprint density at radius 2 is 2.42 bits per heavy atom. The summed E-state index contributed by atoms with van der Waals surface area (Å²) in [6, 6.07) is 5.95. The van der Waals surface area contributed by atoms with Crippen molar-refractivity contribution in [2.24, 2.45) is 0 Å². The number of hydrogen-bond donors (Lipinski definition) is 0. The Hall–Kier alpha value is -0.530. The van der Waals surface area contributed by atoms with Gasteiger partial charge in [0.2, 0.25) is 0 Å². The van der Waals surface area contributed by atoms with E-state index in [-0.39, 0.29) is 5.25 Å². The number of halogens is 1. The van der Waals surface area contributed by atoms with Gasteiger partial charge in [-0.25, -0.2) is 4.98 Å². The summed E-state index contributed by atoms with van der Waals surface area (Å²) in [5.41, 5.74) is 0. The summed E-state index contributed by atoms with van der Waals surface area (Å²) < 4.78 is 0.955. The van der Waals surface area contributed by atoms with Crippen LogP contribution in [-0.4, -0.2) is 10.2 Å². The molecule has 0 aliphatic heterocycles. The van der Waals surface area contributed by atoms with Crippen LogP contribution in [0.25, 0.3) is 0 Å². The molecule has 1 aromatic heterocycles. The first-order valence-electron chi connectivity index (χ1n) is 3.40. The molecule has 0 saturated heterocycles. The van der Waals surface area contributed by atoms with E-state index < -0.39 is 0 Å². The van der Waals surface area contributed by atoms with Gasteiger partial charge in [-0.15, -0.1) is 0 Å². The van der Waals surface area contributed by atoms with Crippen molar-refractivity contribution in [2.75, 3.05) is 0 Å². The van der Waals surface area contributed by atoms with E-state index in [1.54, 1.807) is 6.20 Å². The number of rotatable bonds is 2. The second kappa shape index (κ2) is 4.48. The lowest BCUT2D eigenvalue weighted by molar-refractivity contribution is 1.11. The molecule has 0 fully saturated rings. The Morgan fingerprint density at radius 1 is 1.67 bits per heavy atom. The summed E-state index contributed by atoms with van der Waals surface area (Å²) in [7, 11) is 0. The number of nitriles is 1. The lowest BCUT2D eigenvalue weighted by atomic mass is 10.5. The minimum absolute atomic E-state index is 0.0429. The van der Waals surface area contributed by atoms with Crippen molar-refractivity contribution >= 4 is 27.7 Å². The highest BCUT2D eigenvalue weighted by molar-refractivity contribution is 9.10. The number of thioether (sulfide) groups is 1. The number of pyridine rings is 1. The van der Waals surface area contributed by atoms with E-state index in [1.807, 2.05) is 19.1 Å². The Kier molecular flexibility index (Phi) is 3.57. The summed E-state index contributed by atoms with van der Waals surface area (Å²) in [6.45, 7) is 1.86. The summed E-state index contributed by atoms with van der Waals surface area (Å²) in [5, 5.41) is 9.38. The molecule has 0 amide bonds. The molecule has 1 aromatic rings. The lowest BCUT2D eigenvalue weighted by Gasteiger charge is -2.00. The largest absolute Gasteiger partial charge is 0.249 e. The van der Waals surface area contributed by atoms with Crippen LogP contribution in [0.5, 0.6) is 0 Å². The maximum atomic E-state index is 8.54. The molecule has 62 valence electrons. The molecule has 2 nitrogen and oxygen atoms in total. The SMILES string of the molecule is CC(C#N)Sc1ccc(Br)cn1.